The topological polar surface area (TPSA) is 29.3 Å². The first kappa shape index (κ1) is 13.3. The summed E-state index contributed by atoms with van der Waals surface area (Å²) in [4.78, 5) is 2.30. The minimum atomic E-state index is -0.182. The van der Waals surface area contributed by atoms with Crippen LogP contribution in [-0.2, 0) is 6.54 Å². The van der Waals surface area contributed by atoms with Crippen LogP contribution in [0.2, 0.25) is 0 Å². The largest absolute Gasteiger partial charge is 0.371 e. The van der Waals surface area contributed by atoms with Crippen molar-refractivity contribution in [2.24, 2.45) is 11.1 Å². The van der Waals surface area contributed by atoms with E-state index in [1.54, 1.807) is 6.07 Å². The van der Waals surface area contributed by atoms with Gasteiger partial charge in [0.1, 0.15) is 5.82 Å². The van der Waals surface area contributed by atoms with Crippen LogP contribution >= 0.6 is 0 Å². The van der Waals surface area contributed by atoms with Crippen molar-refractivity contribution in [1.29, 1.82) is 0 Å². The second kappa shape index (κ2) is 5.27. The molecule has 0 spiro atoms. The Morgan fingerprint density at radius 1 is 1.28 bits per heavy atom. The lowest BCUT2D eigenvalue weighted by Gasteiger charge is -2.27. The number of rotatable bonds is 4. The van der Waals surface area contributed by atoms with Gasteiger partial charge in [0.25, 0.3) is 0 Å². The molecular weight excluding hydrogens is 227 g/mol. The minimum Gasteiger partial charge on any atom is -0.371 e. The quantitative estimate of drug-likeness (QED) is 0.888. The van der Waals surface area contributed by atoms with Gasteiger partial charge in [0.15, 0.2) is 0 Å². The molecule has 0 amide bonds. The van der Waals surface area contributed by atoms with Gasteiger partial charge >= 0.3 is 0 Å². The van der Waals surface area contributed by atoms with E-state index >= 15 is 0 Å². The molecule has 1 aromatic carbocycles. The second-order valence-electron chi connectivity index (χ2n) is 5.40. The Morgan fingerprint density at radius 2 is 2.00 bits per heavy atom. The maximum absolute atomic E-state index is 13.5. The summed E-state index contributed by atoms with van der Waals surface area (Å²) < 4.78 is 13.5. The maximum Gasteiger partial charge on any atom is 0.125 e. The van der Waals surface area contributed by atoms with Gasteiger partial charge in [0.05, 0.1) is 0 Å². The molecule has 0 aromatic heterocycles. The van der Waals surface area contributed by atoms with E-state index in [1.807, 2.05) is 6.07 Å². The molecule has 2 nitrogen and oxygen atoms in total. The van der Waals surface area contributed by atoms with Crippen LogP contribution in [0.5, 0.6) is 0 Å². The first-order chi connectivity index (χ1) is 8.62. The highest BCUT2D eigenvalue weighted by molar-refractivity contribution is 5.50. The molecule has 0 atom stereocenters. The Morgan fingerprint density at radius 3 is 2.56 bits per heavy atom. The van der Waals surface area contributed by atoms with Crippen molar-refractivity contribution in [2.45, 2.75) is 39.7 Å². The Kier molecular flexibility index (Phi) is 3.91. The number of hydrogen-bond acceptors (Lipinski definition) is 2. The molecule has 18 heavy (non-hydrogen) atoms. The fourth-order valence-electron chi connectivity index (χ4n) is 2.92. The van der Waals surface area contributed by atoms with Crippen molar-refractivity contribution in [1.82, 2.24) is 0 Å². The van der Waals surface area contributed by atoms with Crippen molar-refractivity contribution in [3.05, 3.63) is 29.6 Å². The average Bonchev–Trinajstić information content (AvgIpc) is 2.83. The number of anilines is 1. The van der Waals surface area contributed by atoms with Crippen LogP contribution in [-0.4, -0.2) is 13.1 Å². The zero-order valence-electron chi connectivity index (χ0n) is 11.4. The predicted octanol–water partition coefficient (Wildman–Crippen LogP) is 3.30. The van der Waals surface area contributed by atoms with E-state index in [1.165, 1.54) is 25.3 Å². The lowest BCUT2D eigenvalue weighted by molar-refractivity contribution is 0.301. The number of benzene rings is 1. The van der Waals surface area contributed by atoms with Crippen molar-refractivity contribution >= 4 is 5.69 Å². The molecule has 1 saturated heterocycles. The minimum absolute atomic E-state index is 0.182. The Bertz CT molecular complexity index is 413. The lowest BCUT2D eigenvalue weighted by atomic mass is 9.82. The molecule has 0 radical (unpaired) electrons. The van der Waals surface area contributed by atoms with Gasteiger partial charge in [-0.3, -0.25) is 0 Å². The Balaban J connectivity index is 2.21. The molecule has 1 aliphatic heterocycles. The van der Waals surface area contributed by atoms with Crippen molar-refractivity contribution in [3.63, 3.8) is 0 Å². The summed E-state index contributed by atoms with van der Waals surface area (Å²) in [6.45, 7) is 6.96. The highest BCUT2D eigenvalue weighted by Gasteiger charge is 2.35. The molecule has 0 saturated carbocycles. The Labute approximate surface area is 109 Å². The molecule has 1 fully saturated rings. The molecule has 0 bridgehead atoms. The first-order valence-electron chi connectivity index (χ1n) is 6.87. The molecule has 3 heteroatoms. The van der Waals surface area contributed by atoms with Gasteiger partial charge in [0, 0.05) is 25.3 Å². The molecule has 2 rings (SSSR count). The van der Waals surface area contributed by atoms with Crippen molar-refractivity contribution < 1.29 is 4.39 Å². The van der Waals surface area contributed by atoms with Crippen LogP contribution < -0.4 is 10.6 Å². The summed E-state index contributed by atoms with van der Waals surface area (Å²) in [6, 6.07) is 5.16. The summed E-state index contributed by atoms with van der Waals surface area (Å²) in [7, 11) is 0. The van der Waals surface area contributed by atoms with Gasteiger partial charge in [-0.25, -0.2) is 4.39 Å². The fraction of sp³-hybridized carbons (Fsp3) is 0.600. The summed E-state index contributed by atoms with van der Waals surface area (Å²) in [6.07, 6.45) is 3.59. The molecular formula is C15H23FN2. The fourth-order valence-corrected chi connectivity index (χ4v) is 2.92. The van der Waals surface area contributed by atoms with Gasteiger partial charge in [-0.15, -0.1) is 0 Å². The van der Waals surface area contributed by atoms with Crippen LogP contribution in [0, 0.1) is 11.2 Å². The van der Waals surface area contributed by atoms with Crippen LogP contribution in [0.25, 0.3) is 0 Å². The highest BCUT2D eigenvalue weighted by Crippen LogP contribution is 2.39. The standard InChI is InChI=1S/C15H23FN2/c1-3-15(4-2)5-6-18(11-15)14-8-12(10-17)7-13(16)9-14/h7-9H,3-6,10-11,17H2,1-2H3. The van der Waals surface area contributed by atoms with Crippen LogP contribution in [0.4, 0.5) is 10.1 Å². The summed E-state index contributed by atoms with van der Waals surface area (Å²) in [5.74, 6) is -0.182. The highest BCUT2D eigenvalue weighted by atomic mass is 19.1. The van der Waals surface area contributed by atoms with Gasteiger partial charge in [-0.05, 0) is 48.4 Å². The predicted molar refractivity (Wildman–Crippen MR) is 74.1 cm³/mol. The van der Waals surface area contributed by atoms with E-state index in [0.29, 0.717) is 12.0 Å². The molecule has 100 valence electrons. The molecule has 1 aromatic rings. The third kappa shape index (κ3) is 2.51. The number of hydrogen-bond donors (Lipinski definition) is 1. The van der Waals surface area contributed by atoms with Crippen molar-refractivity contribution in [2.75, 3.05) is 18.0 Å². The number of nitrogens with two attached hydrogens (primary N) is 1. The van der Waals surface area contributed by atoms with Gasteiger partial charge in [-0.1, -0.05) is 13.8 Å². The van der Waals surface area contributed by atoms with Crippen molar-refractivity contribution in [3.8, 4) is 0 Å². The van der Waals surface area contributed by atoms with Crippen LogP contribution in [0.1, 0.15) is 38.7 Å². The van der Waals surface area contributed by atoms with E-state index in [4.69, 9.17) is 5.73 Å². The van der Waals surface area contributed by atoms with Gasteiger partial charge < -0.3 is 10.6 Å². The zero-order valence-corrected chi connectivity index (χ0v) is 11.4. The molecule has 1 heterocycles. The lowest BCUT2D eigenvalue weighted by Crippen LogP contribution is -2.26. The molecule has 1 aliphatic rings. The molecule has 0 unspecified atom stereocenters. The molecule has 0 aliphatic carbocycles. The van der Waals surface area contributed by atoms with E-state index in [0.717, 1.165) is 24.3 Å². The third-order valence-corrected chi connectivity index (χ3v) is 4.48. The number of nitrogens with zero attached hydrogens (tertiary/aromatic N) is 1. The molecule has 2 N–H and O–H groups in total. The normalized spacial score (nSPS) is 18.3. The third-order valence-electron chi connectivity index (χ3n) is 4.48. The van der Waals surface area contributed by atoms with Crippen LogP contribution in [0.3, 0.4) is 0 Å². The first-order valence-corrected chi connectivity index (χ1v) is 6.87. The SMILES string of the molecule is CCC1(CC)CCN(c2cc(F)cc(CN)c2)C1. The van der Waals surface area contributed by atoms with E-state index in [2.05, 4.69) is 18.7 Å². The van der Waals surface area contributed by atoms with Gasteiger partial charge in [0.2, 0.25) is 0 Å². The average molecular weight is 250 g/mol. The summed E-state index contributed by atoms with van der Waals surface area (Å²) >= 11 is 0. The smallest absolute Gasteiger partial charge is 0.125 e. The van der Waals surface area contributed by atoms with E-state index < -0.39 is 0 Å². The monoisotopic (exact) mass is 250 g/mol. The summed E-state index contributed by atoms with van der Waals surface area (Å²) in [5, 5.41) is 0. The maximum atomic E-state index is 13.5. The summed E-state index contributed by atoms with van der Waals surface area (Å²) in [5.41, 5.74) is 7.87. The van der Waals surface area contributed by atoms with Gasteiger partial charge in [-0.2, -0.15) is 0 Å². The zero-order chi connectivity index (χ0) is 13.2. The number of halogens is 1. The van der Waals surface area contributed by atoms with Crippen LogP contribution in [0.15, 0.2) is 18.2 Å². The second-order valence-corrected chi connectivity index (χ2v) is 5.40. The van der Waals surface area contributed by atoms with E-state index in [9.17, 15) is 4.39 Å². The van der Waals surface area contributed by atoms with E-state index in [-0.39, 0.29) is 5.82 Å². The Hall–Kier alpha value is -1.09.